The highest BCUT2D eigenvalue weighted by Gasteiger charge is 2.07. The summed E-state index contributed by atoms with van der Waals surface area (Å²) in [5, 5.41) is 6.09. The molecule has 0 aliphatic rings. The van der Waals surface area contributed by atoms with Crippen LogP contribution >= 0.6 is 0 Å². The van der Waals surface area contributed by atoms with E-state index in [2.05, 4.69) is 15.6 Å². The molecule has 5 nitrogen and oxygen atoms in total. The van der Waals surface area contributed by atoms with E-state index >= 15 is 0 Å². The molecule has 0 aliphatic heterocycles. The number of hydrogen-bond acceptors (Lipinski definition) is 4. The van der Waals surface area contributed by atoms with Crippen molar-refractivity contribution in [2.45, 2.75) is 13.0 Å². The van der Waals surface area contributed by atoms with Crippen LogP contribution in [0, 0.1) is 5.82 Å². The van der Waals surface area contributed by atoms with Gasteiger partial charge in [-0.3, -0.25) is 9.78 Å². The van der Waals surface area contributed by atoms with E-state index in [1.165, 1.54) is 18.3 Å². The van der Waals surface area contributed by atoms with Crippen LogP contribution < -0.4 is 15.4 Å². The van der Waals surface area contributed by atoms with Gasteiger partial charge in [-0.25, -0.2) is 4.39 Å². The van der Waals surface area contributed by atoms with Crippen molar-refractivity contribution in [2.75, 3.05) is 19.0 Å². The summed E-state index contributed by atoms with van der Waals surface area (Å²) >= 11 is 0. The van der Waals surface area contributed by atoms with E-state index in [1.54, 1.807) is 31.5 Å². The van der Waals surface area contributed by atoms with E-state index in [0.717, 1.165) is 29.0 Å². The summed E-state index contributed by atoms with van der Waals surface area (Å²) in [5.41, 5.74) is 3.23. The van der Waals surface area contributed by atoms with Gasteiger partial charge in [0, 0.05) is 25.5 Å². The number of pyridine rings is 1. The molecule has 0 fully saturated rings. The molecular formula is C22H22FN3O2. The van der Waals surface area contributed by atoms with Gasteiger partial charge in [-0.2, -0.15) is 0 Å². The van der Waals surface area contributed by atoms with Crippen molar-refractivity contribution < 1.29 is 13.9 Å². The lowest BCUT2D eigenvalue weighted by Crippen LogP contribution is -2.23. The van der Waals surface area contributed by atoms with E-state index in [0.29, 0.717) is 18.7 Å². The van der Waals surface area contributed by atoms with E-state index in [9.17, 15) is 9.18 Å². The quantitative estimate of drug-likeness (QED) is 0.625. The third-order valence-corrected chi connectivity index (χ3v) is 4.24. The molecule has 0 saturated carbocycles. The third-order valence-electron chi connectivity index (χ3n) is 4.24. The molecule has 1 aromatic heterocycles. The predicted octanol–water partition coefficient (Wildman–Crippen LogP) is 3.81. The SMILES string of the molecule is COc1cccc(CCNc2cncc(C(=O)NCc3ccc(F)cc3)c2)c1. The molecular weight excluding hydrogens is 357 g/mol. The molecule has 2 N–H and O–H groups in total. The maximum atomic E-state index is 12.9. The van der Waals surface area contributed by atoms with Crippen molar-refractivity contribution in [3.63, 3.8) is 0 Å². The molecule has 6 heteroatoms. The van der Waals surface area contributed by atoms with Crippen molar-refractivity contribution in [2.24, 2.45) is 0 Å². The number of rotatable bonds is 8. The molecule has 2 aromatic carbocycles. The number of amides is 1. The molecule has 0 unspecified atom stereocenters. The summed E-state index contributed by atoms with van der Waals surface area (Å²) < 4.78 is 18.2. The van der Waals surface area contributed by atoms with Crippen molar-refractivity contribution in [1.29, 1.82) is 0 Å². The van der Waals surface area contributed by atoms with Crippen LogP contribution in [0.25, 0.3) is 0 Å². The van der Waals surface area contributed by atoms with Crippen LogP contribution in [0.2, 0.25) is 0 Å². The van der Waals surface area contributed by atoms with Crippen LogP contribution in [-0.2, 0) is 13.0 Å². The molecule has 1 amide bonds. The van der Waals surface area contributed by atoms with Gasteiger partial charge in [-0.15, -0.1) is 0 Å². The van der Waals surface area contributed by atoms with Gasteiger partial charge in [-0.1, -0.05) is 24.3 Å². The summed E-state index contributed by atoms with van der Waals surface area (Å²) in [5.74, 6) is 0.305. The number of benzene rings is 2. The van der Waals surface area contributed by atoms with E-state index in [-0.39, 0.29) is 11.7 Å². The Labute approximate surface area is 163 Å². The average Bonchev–Trinajstić information content (AvgIpc) is 2.73. The molecule has 0 spiro atoms. The Morgan fingerprint density at radius 1 is 1.07 bits per heavy atom. The molecule has 0 saturated heterocycles. The van der Waals surface area contributed by atoms with Crippen molar-refractivity contribution in [3.05, 3.63) is 89.5 Å². The van der Waals surface area contributed by atoms with E-state index in [1.807, 2.05) is 24.3 Å². The van der Waals surface area contributed by atoms with Gasteiger partial charge in [0.2, 0.25) is 0 Å². The first-order valence-electron chi connectivity index (χ1n) is 8.98. The molecule has 0 radical (unpaired) electrons. The average molecular weight is 379 g/mol. The highest BCUT2D eigenvalue weighted by molar-refractivity contribution is 5.94. The highest BCUT2D eigenvalue weighted by Crippen LogP contribution is 2.14. The highest BCUT2D eigenvalue weighted by atomic mass is 19.1. The molecule has 3 aromatic rings. The van der Waals surface area contributed by atoms with Crippen LogP contribution in [0.3, 0.4) is 0 Å². The first-order valence-corrected chi connectivity index (χ1v) is 8.98. The topological polar surface area (TPSA) is 63.2 Å². The minimum absolute atomic E-state index is 0.228. The van der Waals surface area contributed by atoms with Gasteiger partial charge < -0.3 is 15.4 Å². The van der Waals surface area contributed by atoms with Crippen LogP contribution in [0.4, 0.5) is 10.1 Å². The number of hydrogen-bond donors (Lipinski definition) is 2. The number of carbonyl (C=O) groups is 1. The van der Waals surface area contributed by atoms with Crippen molar-refractivity contribution >= 4 is 11.6 Å². The van der Waals surface area contributed by atoms with Crippen LogP contribution in [0.15, 0.2) is 67.0 Å². The smallest absolute Gasteiger partial charge is 0.253 e. The van der Waals surface area contributed by atoms with Gasteiger partial charge in [0.05, 0.1) is 18.4 Å². The second kappa shape index (κ2) is 9.50. The third kappa shape index (κ3) is 5.54. The number of anilines is 1. The fourth-order valence-electron chi connectivity index (χ4n) is 2.73. The van der Waals surface area contributed by atoms with Crippen molar-refractivity contribution in [3.8, 4) is 5.75 Å². The Morgan fingerprint density at radius 2 is 1.89 bits per heavy atom. The summed E-state index contributed by atoms with van der Waals surface area (Å²) in [6.45, 7) is 1.03. The van der Waals surface area contributed by atoms with Gasteiger partial charge in [-0.05, 0) is 47.9 Å². The van der Waals surface area contributed by atoms with Crippen molar-refractivity contribution in [1.82, 2.24) is 10.3 Å². The second-order valence-corrected chi connectivity index (χ2v) is 6.30. The van der Waals surface area contributed by atoms with Gasteiger partial charge in [0.25, 0.3) is 5.91 Å². The zero-order chi connectivity index (χ0) is 19.8. The van der Waals surface area contributed by atoms with Crippen LogP contribution in [0.1, 0.15) is 21.5 Å². The molecule has 0 aliphatic carbocycles. The summed E-state index contributed by atoms with van der Waals surface area (Å²) in [7, 11) is 1.65. The lowest BCUT2D eigenvalue weighted by molar-refractivity contribution is 0.0950. The molecule has 1 heterocycles. The largest absolute Gasteiger partial charge is 0.497 e. The van der Waals surface area contributed by atoms with Gasteiger partial charge in [0.15, 0.2) is 0 Å². The van der Waals surface area contributed by atoms with E-state index < -0.39 is 0 Å². The molecule has 3 rings (SSSR count). The fraction of sp³-hybridized carbons (Fsp3) is 0.182. The molecule has 144 valence electrons. The standard InChI is InChI=1S/C22H22FN3O2/c1-28-21-4-2-3-16(11-21)9-10-25-20-12-18(14-24-15-20)22(27)26-13-17-5-7-19(23)8-6-17/h2-8,11-12,14-15,25H,9-10,13H2,1H3,(H,26,27). The zero-order valence-corrected chi connectivity index (χ0v) is 15.6. The van der Waals surface area contributed by atoms with Crippen LogP contribution in [0.5, 0.6) is 5.75 Å². The minimum Gasteiger partial charge on any atom is -0.497 e. The number of carbonyl (C=O) groups excluding carboxylic acids is 1. The van der Waals surface area contributed by atoms with Gasteiger partial charge in [0.1, 0.15) is 11.6 Å². The summed E-state index contributed by atoms with van der Waals surface area (Å²) in [6, 6.07) is 15.7. The molecule has 28 heavy (non-hydrogen) atoms. The van der Waals surface area contributed by atoms with Crippen LogP contribution in [-0.4, -0.2) is 24.5 Å². The van der Waals surface area contributed by atoms with Gasteiger partial charge >= 0.3 is 0 Å². The maximum Gasteiger partial charge on any atom is 0.253 e. The Bertz CT molecular complexity index is 929. The number of nitrogens with zero attached hydrogens (tertiary/aromatic N) is 1. The molecule has 0 bridgehead atoms. The van der Waals surface area contributed by atoms with E-state index in [4.69, 9.17) is 4.74 Å². The Morgan fingerprint density at radius 3 is 2.68 bits per heavy atom. The maximum absolute atomic E-state index is 12.9. The summed E-state index contributed by atoms with van der Waals surface area (Å²) in [4.78, 5) is 16.5. The number of methoxy groups -OCH3 is 1. The second-order valence-electron chi connectivity index (χ2n) is 6.30. The minimum atomic E-state index is -0.299. The Balaban J connectivity index is 1.52. The monoisotopic (exact) mass is 379 g/mol. The number of nitrogens with one attached hydrogen (secondary N) is 2. The first-order chi connectivity index (χ1) is 13.6. The Kier molecular flexibility index (Phi) is 6.57. The lowest BCUT2D eigenvalue weighted by Gasteiger charge is -2.09. The number of halogens is 1. The zero-order valence-electron chi connectivity index (χ0n) is 15.6. The number of ether oxygens (including phenoxy) is 1. The number of aromatic nitrogens is 1. The summed E-state index contributed by atoms with van der Waals surface area (Å²) in [6.07, 6.45) is 4.02. The molecule has 0 atom stereocenters. The predicted molar refractivity (Wildman–Crippen MR) is 107 cm³/mol. The lowest BCUT2D eigenvalue weighted by atomic mass is 10.1. The fourth-order valence-corrected chi connectivity index (χ4v) is 2.73. The first kappa shape index (κ1) is 19.4. The Hall–Kier alpha value is -3.41. The normalized spacial score (nSPS) is 10.4.